The predicted molar refractivity (Wildman–Crippen MR) is 97.1 cm³/mol. The van der Waals surface area contributed by atoms with Crippen molar-refractivity contribution in [2.75, 3.05) is 19.8 Å². The molecule has 0 saturated heterocycles. The van der Waals surface area contributed by atoms with E-state index in [9.17, 15) is 9.59 Å². The Morgan fingerprint density at radius 2 is 1.71 bits per heavy atom. The monoisotopic (exact) mass is 455 g/mol. The maximum absolute atomic E-state index is 11.8. The van der Waals surface area contributed by atoms with Gasteiger partial charge in [0.2, 0.25) is 0 Å². The topological polar surface area (TPSA) is 64.6 Å². The van der Waals surface area contributed by atoms with E-state index in [0.29, 0.717) is 11.3 Å². The van der Waals surface area contributed by atoms with E-state index in [2.05, 4.69) is 37.2 Å². The third-order valence-corrected chi connectivity index (χ3v) is 3.93. The van der Waals surface area contributed by atoms with Crippen molar-refractivity contribution in [3.8, 4) is 5.75 Å². The quantitative estimate of drug-likeness (QED) is 0.511. The molecule has 1 N–H and O–H groups in total. The third kappa shape index (κ3) is 6.33. The second-order valence-electron chi connectivity index (χ2n) is 4.72. The summed E-state index contributed by atoms with van der Waals surface area (Å²) in [5.41, 5.74) is 0.476. The molecule has 0 aliphatic heterocycles. The number of carbonyl (C=O) groups is 2. The highest BCUT2D eigenvalue weighted by Gasteiger charge is 2.08. The van der Waals surface area contributed by atoms with Crippen molar-refractivity contribution < 1.29 is 19.1 Å². The van der Waals surface area contributed by atoms with E-state index >= 15 is 0 Å². The molecule has 2 aromatic rings. The van der Waals surface area contributed by atoms with Gasteiger partial charge < -0.3 is 14.8 Å². The fraction of sp³-hybridized carbons (Fsp3) is 0.176. The summed E-state index contributed by atoms with van der Waals surface area (Å²) < 4.78 is 12.2. The van der Waals surface area contributed by atoms with Crippen molar-refractivity contribution in [3.63, 3.8) is 0 Å². The zero-order valence-electron chi connectivity index (χ0n) is 12.6. The van der Waals surface area contributed by atoms with Gasteiger partial charge in [-0.25, -0.2) is 0 Å². The molecule has 0 aliphatic carbocycles. The summed E-state index contributed by atoms with van der Waals surface area (Å²) in [5, 5.41) is 2.51. The van der Waals surface area contributed by atoms with Gasteiger partial charge in [-0.05, 0) is 42.5 Å². The molecular weight excluding hydrogens is 442 g/mol. The number of carbonyl (C=O) groups excluding carboxylic acids is 2. The zero-order valence-corrected chi connectivity index (χ0v) is 15.8. The minimum absolute atomic E-state index is 0.111. The molecule has 1 amide bonds. The Balaban J connectivity index is 1.64. The third-order valence-electron chi connectivity index (χ3n) is 2.91. The van der Waals surface area contributed by atoms with Crippen LogP contribution in [0, 0.1) is 0 Å². The maximum Gasteiger partial charge on any atom is 0.325 e. The number of halogens is 2. The summed E-state index contributed by atoms with van der Waals surface area (Å²) >= 11 is 6.64. The fourth-order valence-corrected chi connectivity index (χ4v) is 2.42. The van der Waals surface area contributed by atoms with E-state index in [-0.39, 0.29) is 25.7 Å². The van der Waals surface area contributed by atoms with Gasteiger partial charge in [-0.1, -0.05) is 37.9 Å². The number of nitrogens with one attached hydrogen (secondary N) is 1. The number of rotatable bonds is 7. The molecule has 0 bridgehead atoms. The van der Waals surface area contributed by atoms with Crippen LogP contribution < -0.4 is 10.1 Å². The minimum Gasteiger partial charge on any atom is -0.490 e. The minimum atomic E-state index is -0.515. The normalized spacial score (nSPS) is 10.1. The maximum atomic E-state index is 11.8. The molecule has 0 radical (unpaired) electrons. The van der Waals surface area contributed by atoms with Gasteiger partial charge in [-0.15, -0.1) is 0 Å². The highest BCUT2D eigenvalue weighted by molar-refractivity contribution is 9.10. The molecular formula is C17H15Br2NO4. The van der Waals surface area contributed by atoms with Crippen molar-refractivity contribution in [3.05, 3.63) is 63.0 Å². The van der Waals surface area contributed by atoms with Crippen LogP contribution in [-0.4, -0.2) is 31.6 Å². The van der Waals surface area contributed by atoms with Gasteiger partial charge in [-0.3, -0.25) is 9.59 Å². The van der Waals surface area contributed by atoms with Gasteiger partial charge in [0.25, 0.3) is 5.91 Å². The molecule has 0 saturated carbocycles. The van der Waals surface area contributed by atoms with E-state index in [4.69, 9.17) is 9.47 Å². The van der Waals surface area contributed by atoms with E-state index in [1.807, 2.05) is 24.3 Å². The fourth-order valence-electron chi connectivity index (χ4n) is 1.78. The highest BCUT2D eigenvalue weighted by Crippen LogP contribution is 2.17. The average molecular weight is 457 g/mol. The van der Waals surface area contributed by atoms with Crippen LogP contribution in [0.1, 0.15) is 10.4 Å². The average Bonchev–Trinajstić information content (AvgIpc) is 2.57. The molecule has 0 fully saturated rings. The summed E-state index contributed by atoms with van der Waals surface area (Å²) in [6.07, 6.45) is 0. The first-order valence-electron chi connectivity index (χ1n) is 7.12. The van der Waals surface area contributed by atoms with Gasteiger partial charge in [0.05, 0.1) is 0 Å². The van der Waals surface area contributed by atoms with Crippen LogP contribution in [0.4, 0.5) is 0 Å². The summed E-state index contributed by atoms with van der Waals surface area (Å²) in [7, 11) is 0. The van der Waals surface area contributed by atoms with Crippen molar-refractivity contribution in [2.24, 2.45) is 0 Å². The molecule has 7 heteroatoms. The molecule has 0 heterocycles. The first-order valence-corrected chi connectivity index (χ1v) is 8.71. The summed E-state index contributed by atoms with van der Waals surface area (Å²) in [6, 6.07) is 14.2. The van der Waals surface area contributed by atoms with E-state index in [1.165, 1.54) is 0 Å². The number of esters is 1. The molecule has 5 nitrogen and oxygen atoms in total. The molecule has 0 spiro atoms. The second-order valence-corrected chi connectivity index (χ2v) is 6.55. The molecule has 24 heavy (non-hydrogen) atoms. The van der Waals surface area contributed by atoms with Crippen LogP contribution in [-0.2, 0) is 9.53 Å². The number of hydrogen-bond acceptors (Lipinski definition) is 4. The zero-order chi connectivity index (χ0) is 17.4. The Morgan fingerprint density at radius 1 is 0.958 bits per heavy atom. The Labute approximate surface area is 156 Å². The van der Waals surface area contributed by atoms with Crippen molar-refractivity contribution in [1.82, 2.24) is 5.32 Å². The lowest BCUT2D eigenvalue weighted by Crippen LogP contribution is -2.31. The molecule has 126 valence electrons. The summed E-state index contributed by atoms with van der Waals surface area (Å²) in [5.74, 6) is -0.160. The molecule has 0 atom stereocenters. The summed E-state index contributed by atoms with van der Waals surface area (Å²) in [6.45, 7) is 0.161. The largest absolute Gasteiger partial charge is 0.490 e. The second kappa shape index (κ2) is 9.44. The first-order chi connectivity index (χ1) is 11.5. The van der Waals surface area contributed by atoms with Crippen LogP contribution in [0.15, 0.2) is 57.5 Å². The van der Waals surface area contributed by atoms with Gasteiger partial charge in [0.15, 0.2) is 0 Å². The number of benzene rings is 2. The van der Waals surface area contributed by atoms with Gasteiger partial charge in [-0.2, -0.15) is 0 Å². The van der Waals surface area contributed by atoms with E-state index in [0.717, 1.165) is 8.95 Å². The van der Waals surface area contributed by atoms with Crippen LogP contribution in [0.5, 0.6) is 5.75 Å². The molecule has 0 aromatic heterocycles. The summed E-state index contributed by atoms with van der Waals surface area (Å²) in [4.78, 5) is 23.4. The first kappa shape index (κ1) is 18.5. The van der Waals surface area contributed by atoms with Gasteiger partial charge >= 0.3 is 5.97 Å². The number of amides is 1. The lowest BCUT2D eigenvalue weighted by Gasteiger charge is -2.08. The number of hydrogen-bond donors (Lipinski definition) is 1. The van der Waals surface area contributed by atoms with Gasteiger partial charge in [0.1, 0.15) is 25.5 Å². The standard InChI is InChI=1S/C17H15Br2NO4/c18-13-6-4-12(5-7-13)17(22)20-11-16(21)24-9-8-23-15-3-1-2-14(19)10-15/h1-7,10H,8-9,11H2,(H,20,22). The van der Waals surface area contributed by atoms with Crippen LogP contribution in [0.2, 0.25) is 0 Å². The Bertz CT molecular complexity index is 704. The van der Waals surface area contributed by atoms with E-state index in [1.54, 1.807) is 24.3 Å². The van der Waals surface area contributed by atoms with Gasteiger partial charge in [0, 0.05) is 14.5 Å². The van der Waals surface area contributed by atoms with Crippen molar-refractivity contribution in [1.29, 1.82) is 0 Å². The highest BCUT2D eigenvalue weighted by atomic mass is 79.9. The lowest BCUT2D eigenvalue weighted by molar-refractivity contribution is -0.143. The molecule has 2 rings (SSSR count). The number of ether oxygens (including phenoxy) is 2. The molecule has 0 unspecified atom stereocenters. The van der Waals surface area contributed by atoms with E-state index < -0.39 is 5.97 Å². The van der Waals surface area contributed by atoms with Crippen molar-refractivity contribution in [2.45, 2.75) is 0 Å². The van der Waals surface area contributed by atoms with Crippen molar-refractivity contribution >= 4 is 43.7 Å². The molecule has 0 aliphatic rings. The lowest BCUT2D eigenvalue weighted by atomic mass is 10.2. The van der Waals surface area contributed by atoms with Crippen LogP contribution >= 0.6 is 31.9 Å². The SMILES string of the molecule is O=C(CNC(=O)c1ccc(Br)cc1)OCCOc1cccc(Br)c1. The predicted octanol–water partition coefficient (Wildman–Crippen LogP) is 3.56. The Hall–Kier alpha value is -1.86. The molecule has 2 aromatic carbocycles. The van der Waals surface area contributed by atoms with Crippen LogP contribution in [0.3, 0.4) is 0 Å². The Morgan fingerprint density at radius 3 is 2.42 bits per heavy atom. The Kier molecular flexibility index (Phi) is 7.27. The van der Waals surface area contributed by atoms with Crippen LogP contribution in [0.25, 0.3) is 0 Å². The smallest absolute Gasteiger partial charge is 0.325 e.